The van der Waals surface area contributed by atoms with E-state index in [1.807, 2.05) is 0 Å². The molecule has 0 aliphatic carbocycles. The number of hydrogen-bond donors (Lipinski definition) is 2. The Morgan fingerprint density at radius 2 is 1.89 bits per heavy atom. The lowest BCUT2D eigenvalue weighted by molar-refractivity contribution is -0.118. The molecule has 1 saturated heterocycles. The van der Waals surface area contributed by atoms with E-state index >= 15 is 0 Å². The van der Waals surface area contributed by atoms with E-state index in [0.29, 0.717) is 44.6 Å². The van der Waals surface area contributed by atoms with Crippen LogP contribution in [-0.4, -0.2) is 55.5 Å². The summed E-state index contributed by atoms with van der Waals surface area (Å²) < 4.78 is 49.6. The van der Waals surface area contributed by atoms with Crippen molar-refractivity contribution < 1.29 is 22.4 Å². The molecular weight excluding hydrogens is 378 g/mol. The highest BCUT2D eigenvalue weighted by Gasteiger charge is 2.27. The van der Waals surface area contributed by atoms with Gasteiger partial charge in [0.1, 0.15) is 12.4 Å². The second kappa shape index (κ2) is 10.0. The topological polar surface area (TPSA) is 80.5 Å². The third kappa shape index (κ3) is 7.15. The van der Waals surface area contributed by atoms with Crippen LogP contribution in [0.1, 0.15) is 23.2 Å². The van der Waals surface area contributed by atoms with Crippen molar-refractivity contribution in [3.05, 3.63) is 35.6 Å². The van der Waals surface area contributed by atoms with Crippen molar-refractivity contribution in [3.63, 3.8) is 0 Å². The number of halogens is 4. The van der Waals surface area contributed by atoms with Gasteiger partial charge in [0.05, 0.1) is 0 Å². The molecule has 28 heavy (non-hydrogen) atoms. The maximum absolute atomic E-state index is 13.0. The second-order valence-corrected chi connectivity index (χ2v) is 6.43. The van der Waals surface area contributed by atoms with Crippen molar-refractivity contribution in [1.29, 1.82) is 5.26 Å². The highest BCUT2D eigenvalue weighted by Crippen LogP contribution is 2.21. The number of nitriles is 1. The molecule has 152 valence electrons. The van der Waals surface area contributed by atoms with Crippen LogP contribution < -0.4 is 10.6 Å². The van der Waals surface area contributed by atoms with E-state index in [4.69, 9.17) is 5.26 Å². The number of Topliss-reactive ketones (excluding diaryl/α,β-unsaturated/α-hetero) is 1. The average molecular weight is 399 g/mol. The summed E-state index contributed by atoms with van der Waals surface area (Å²) in [5, 5.41) is 13.3. The zero-order valence-corrected chi connectivity index (χ0v) is 15.1. The smallest absolute Gasteiger partial charge is 0.354 e. The minimum Gasteiger partial charge on any atom is -0.354 e. The minimum atomic E-state index is -4.44. The van der Waals surface area contributed by atoms with Crippen molar-refractivity contribution in [2.75, 3.05) is 32.7 Å². The lowest BCUT2D eigenvalue weighted by atomic mass is 9.89. The standard InChI is InChI=1S/C18H21F4N5O/c19-15-3-1-13(2-4-15)16(28)14-5-8-27(9-6-14)10-7-24-17(26-12-23)25-11-18(20,21)22/h1-4,14H,5-11H2,(H2,24,25,26). The number of rotatable bonds is 6. The first kappa shape index (κ1) is 21.6. The minimum absolute atomic E-state index is 0.00225. The molecule has 0 unspecified atom stereocenters. The van der Waals surface area contributed by atoms with E-state index < -0.39 is 12.7 Å². The van der Waals surface area contributed by atoms with Gasteiger partial charge < -0.3 is 10.2 Å². The van der Waals surface area contributed by atoms with Crippen LogP contribution in [0.25, 0.3) is 0 Å². The molecule has 0 radical (unpaired) electrons. The Morgan fingerprint density at radius 1 is 1.25 bits per heavy atom. The van der Waals surface area contributed by atoms with Crippen molar-refractivity contribution >= 4 is 11.7 Å². The van der Waals surface area contributed by atoms with Crippen LogP contribution in [0.4, 0.5) is 17.6 Å². The summed E-state index contributed by atoms with van der Waals surface area (Å²) in [5.41, 5.74) is 0.495. The Morgan fingerprint density at radius 3 is 2.46 bits per heavy atom. The Hall–Kier alpha value is -2.67. The van der Waals surface area contributed by atoms with Gasteiger partial charge in [-0.05, 0) is 50.2 Å². The molecule has 0 aromatic heterocycles. The highest BCUT2D eigenvalue weighted by molar-refractivity contribution is 5.97. The van der Waals surface area contributed by atoms with Gasteiger partial charge in [-0.1, -0.05) is 0 Å². The molecule has 0 bridgehead atoms. The zero-order chi connectivity index (χ0) is 20.6. The van der Waals surface area contributed by atoms with Crippen molar-refractivity contribution in [2.24, 2.45) is 10.9 Å². The van der Waals surface area contributed by atoms with Crippen LogP contribution in [0.5, 0.6) is 0 Å². The maximum atomic E-state index is 13.0. The predicted octanol–water partition coefficient (Wildman–Crippen LogP) is 2.30. The van der Waals surface area contributed by atoms with Gasteiger partial charge >= 0.3 is 6.18 Å². The third-order valence-corrected chi connectivity index (χ3v) is 4.40. The fraction of sp³-hybridized carbons (Fsp3) is 0.500. The molecule has 1 aliphatic rings. The second-order valence-electron chi connectivity index (χ2n) is 6.43. The number of carbonyl (C=O) groups excluding carboxylic acids is 1. The first-order valence-electron chi connectivity index (χ1n) is 8.81. The molecule has 2 rings (SSSR count). The number of carbonyl (C=O) groups is 1. The first-order chi connectivity index (χ1) is 13.3. The van der Waals surface area contributed by atoms with Crippen molar-refractivity contribution in [3.8, 4) is 6.19 Å². The number of benzene rings is 1. The molecule has 10 heteroatoms. The SMILES string of the molecule is N#CN/C(=N\CC(F)(F)F)NCCN1CCC(C(=O)c2ccc(F)cc2)CC1. The van der Waals surface area contributed by atoms with E-state index in [1.54, 1.807) is 6.19 Å². The van der Waals surface area contributed by atoms with Crippen molar-refractivity contribution in [1.82, 2.24) is 15.5 Å². The monoisotopic (exact) mass is 399 g/mol. The number of nitrogens with zero attached hydrogens (tertiary/aromatic N) is 3. The van der Waals surface area contributed by atoms with Crippen molar-refractivity contribution in [2.45, 2.75) is 19.0 Å². The van der Waals surface area contributed by atoms with E-state index in [9.17, 15) is 22.4 Å². The number of aliphatic imine (C=N–C) groups is 1. The van der Waals surface area contributed by atoms with Gasteiger partial charge in [-0.3, -0.25) is 10.1 Å². The molecular formula is C18H21F4N5O. The van der Waals surface area contributed by atoms with E-state index in [-0.39, 0.29) is 23.5 Å². The number of alkyl halides is 3. The van der Waals surface area contributed by atoms with Crippen LogP contribution in [0.15, 0.2) is 29.3 Å². The summed E-state index contributed by atoms with van der Waals surface area (Å²) in [6.45, 7) is 0.804. The summed E-state index contributed by atoms with van der Waals surface area (Å²) in [5.74, 6) is -0.736. The van der Waals surface area contributed by atoms with Gasteiger partial charge in [-0.15, -0.1) is 0 Å². The van der Waals surface area contributed by atoms with Crippen LogP contribution in [0, 0.1) is 23.2 Å². The predicted molar refractivity (Wildman–Crippen MR) is 95.0 cm³/mol. The van der Waals surface area contributed by atoms with E-state index in [2.05, 4.69) is 20.5 Å². The normalized spacial score (nSPS) is 16.5. The fourth-order valence-corrected chi connectivity index (χ4v) is 2.96. The third-order valence-electron chi connectivity index (χ3n) is 4.40. The molecule has 6 nitrogen and oxygen atoms in total. The molecule has 2 N–H and O–H groups in total. The fourth-order valence-electron chi connectivity index (χ4n) is 2.96. The molecule has 1 aromatic rings. The molecule has 0 amide bonds. The van der Waals surface area contributed by atoms with Gasteiger partial charge in [-0.25, -0.2) is 9.38 Å². The average Bonchev–Trinajstić information content (AvgIpc) is 2.66. The number of hydrogen-bond acceptors (Lipinski definition) is 4. The lowest BCUT2D eigenvalue weighted by Crippen LogP contribution is -2.43. The molecule has 0 spiro atoms. The van der Waals surface area contributed by atoms with Gasteiger partial charge in [-0.2, -0.15) is 18.4 Å². The van der Waals surface area contributed by atoms with E-state index in [1.165, 1.54) is 24.3 Å². The number of ketones is 1. The molecule has 0 saturated carbocycles. The van der Waals surface area contributed by atoms with Crippen LogP contribution in [-0.2, 0) is 0 Å². The summed E-state index contributed by atoms with van der Waals surface area (Å²) in [7, 11) is 0. The summed E-state index contributed by atoms with van der Waals surface area (Å²) in [6, 6.07) is 5.50. The van der Waals surface area contributed by atoms with Gasteiger partial charge in [0.2, 0.25) is 5.96 Å². The van der Waals surface area contributed by atoms with Gasteiger partial charge in [0.15, 0.2) is 12.0 Å². The first-order valence-corrected chi connectivity index (χ1v) is 8.81. The summed E-state index contributed by atoms with van der Waals surface area (Å²) in [6.07, 6.45) is -1.59. The maximum Gasteiger partial charge on any atom is 0.408 e. The Kier molecular flexibility index (Phi) is 7.75. The molecule has 0 atom stereocenters. The number of nitrogens with one attached hydrogen (secondary N) is 2. The Balaban J connectivity index is 1.75. The molecule has 1 aliphatic heterocycles. The van der Waals surface area contributed by atoms with E-state index in [0.717, 1.165) is 0 Å². The summed E-state index contributed by atoms with van der Waals surface area (Å²) >= 11 is 0. The molecule has 1 heterocycles. The Bertz CT molecular complexity index is 719. The van der Waals surface area contributed by atoms with Crippen LogP contribution >= 0.6 is 0 Å². The number of guanidine groups is 1. The van der Waals surface area contributed by atoms with Crippen LogP contribution in [0.3, 0.4) is 0 Å². The van der Waals surface area contributed by atoms with Gasteiger partial charge in [0, 0.05) is 24.6 Å². The van der Waals surface area contributed by atoms with Gasteiger partial charge in [0.25, 0.3) is 0 Å². The zero-order valence-electron chi connectivity index (χ0n) is 15.1. The summed E-state index contributed by atoms with van der Waals surface area (Å²) in [4.78, 5) is 17.8. The number of piperidine rings is 1. The quantitative estimate of drug-likeness (QED) is 0.192. The molecule has 1 fully saturated rings. The lowest BCUT2D eigenvalue weighted by Gasteiger charge is -2.31. The Labute approximate surface area is 160 Å². The number of likely N-dealkylation sites (tertiary alicyclic amines) is 1. The van der Waals surface area contributed by atoms with Crippen LogP contribution in [0.2, 0.25) is 0 Å². The highest BCUT2D eigenvalue weighted by atomic mass is 19.4. The largest absolute Gasteiger partial charge is 0.408 e. The molecule has 1 aromatic carbocycles.